The van der Waals surface area contributed by atoms with Crippen LogP contribution in [0.2, 0.25) is 0 Å². The molecule has 0 saturated heterocycles. The number of benzene rings is 1. The first-order valence-electron chi connectivity index (χ1n) is 7.72. The third kappa shape index (κ3) is 5.33. The number of carbonyl (C=O) groups is 2. The highest BCUT2D eigenvalue weighted by atomic mass is 19.3. The molecular weight excluding hydrogens is 320 g/mol. The maximum atomic E-state index is 13.2. The molecule has 0 aromatic heterocycles. The summed E-state index contributed by atoms with van der Waals surface area (Å²) in [6, 6.07) is 7.99. The van der Waals surface area contributed by atoms with E-state index < -0.39 is 30.0 Å². The van der Waals surface area contributed by atoms with Gasteiger partial charge in [0.05, 0.1) is 5.56 Å². The molecule has 132 valence electrons. The zero-order valence-electron chi connectivity index (χ0n) is 13.9. The number of hydrogen-bond acceptors (Lipinski definition) is 4. The molecule has 1 rings (SSSR count). The molecule has 1 amide bonds. The Labute approximate surface area is 139 Å². The van der Waals surface area contributed by atoms with Crippen molar-refractivity contribution in [2.45, 2.75) is 33.3 Å². The summed E-state index contributed by atoms with van der Waals surface area (Å²) in [5.41, 5.74) is 0.227. The number of esters is 1. The molecule has 7 heteroatoms. The fourth-order valence-corrected chi connectivity index (χ4v) is 1.96. The predicted molar refractivity (Wildman–Crippen MR) is 84.6 cm³/mol. The lowest BCUT2D eigenvalue weighted by Gasteiger charge is -2.22. The molecule has 1 atom stereocenters. The zero-order chi connectivity index (χ0) is 18.1. The Morgan fingerprint density at radius 3 is 2.12 bits per heavy atom. The second-order valence-corrected chi connectivity index (χ2v) is 4.83. The molecule has 0 heterocycles. The third-order valence-electron chi connectivity index (χ3n) is 3.33. The lowest BCUT2D eigenvalue weighted by molar-refractivity contribution is 0.0204. The highest BCUT2D eigenvalue weighted by molar-refractivity contribution is 5.89. The maximum Gasteiger partial charge on any atom is 0.415 e. The van der Waals surface area contributed by atoms with E-state index in [1.807, 2.05) is 0 Å². The molecule has 1 aromatic carbocycles. The highest BCUT2D eigenvalue weighted by Gasteiger charge is 2.28. The Hall–Kier alpha value is -2.44. The minimum atomic E-state index is -2.19. The van der Waals surface area contributed by atoms with E-state index in [1.165, 1.54) is 17.0 Å². The Morgan fingerprint density at radius 2 is 1.67 bits per heavy atom. The monoisotopic (exact) mass is 341 g/mol. The Balaban J connectivity index is 2.91. The molecule has 1 unspecified atom stereocenters. The van der Waals surface area contributed by atoms with Crippen LogP contribution in [-0.4, -0.2) is 36.2 Å². The average Bonchev–Trinajstić information content (AvgIpc) is 2.59. The number of nitrogens with zero attached hydrogens (tertiary/aromatic N) is 1. The van der Waals surface area contributed by atoms with Gasteiger partial charge in [-0.25, -0.2) is 9.59 Å². The lowest BCUT2D eigenvalue weighted by Crippen LogP contribution is -2.33. The first-order valence-corrected chi connectivity index (χ1v) is 7.72. The second-order valence-electron chi connectivity index (χ2n) is 4.83. The molecule has 0 saturated carbocycles. The quantitative estimate of drug-likeness (QED) is 0.551. The van der Waals surface area contributed by atoms with Crippen molar-refractivity contribution in [3.8, 4) is 0 Å². The van der Waals surface area contributed by atoms with Crippen molar-refractivity contribution in [2.24, 2.45) is 0 Å². The summed E-state index contributed by atoms with van der Waals surface area (Å²) in [5.74, 6) is -1.70. The van der Waals surface area contributed by atoms with Crippen LogP contribution in [0.4, 0.5) is 13.6 Å². The summed E-state index contributed by atoms with van der Waals surface area (Å²) >= 11 is 0. The maximum absolute atomic E-state index is 13.2. The Morgan fingerprint density at radius 1 is 1.08 bits per heavy atom. The molecule has 0 aliphatic carbocycles. The number of rotatable bonds is 7. The van der Waals surface area contributed by atoms with E-state index >= 15 is 0 Å². The second kappa shape index (κ2) is 9.64. The van der Waals surface area contributed by atoms with Gasteiger partial charge in [0, 0.05) is 13.1 Å². The molecule has 0 N–H and O–H groups in total. The number of carbonyl (C=O) groups excluding carboxylic acids is 2. The fourth-order valence-electron chi connectivity index (χ4n) is 1.96. The van der Waals surface area contributed by atoms with E-state index in [9.17, 15) is 18.4 Å². The Bertz CT molecular complexity index is 582. The molecule has 0 aliphatic heterocycles. The summed E-state index contributed by atoms with van der Waals surface area (Å²) < 4.78 is 36.3. The van der Waals surface area contributed by atoms with E-state index in [-0.39, 0.29) is 12.0 Å². The minimum Gasteiger partial charge on any atom is -0.450 e. The predicted octanol–water partition coefficient (Wildman–Crippen LogP) is 4.21. The molecule has 0 bridgehead atoms. The first kappa shape index (κ1) is 19.6. The fraction of sp³-hybridized carbons (Fsp3) is 0.412. The zero-order valence-corrected chi connectivity index (χ0v) is 13.9. The molecule has 0 radical (unpaired) electrons. The van der Waals surface area contributed by atoms with Crippen LogP contribution in [0.5, 0.6) is 0 Å². The number of amides is 1. The lowest BCUT2D eigenvalue weighted by atomic mass is 10.2. The van der Waals surface area contributed by atoms with Crippen LogP contribution < -0.4 is 0 Å². The van der Waals surface area contributed by atoms with Gasteiger partial charge >= 0.3 is 18.1 Å². The molecular formula is C17H21F2NO4. The molecule has 0 spiro atoms. The van der Waals surface area contributed by atoms with Crippen molar-refractivity contribution in [2.75, 3.05) is 13.1 Å². The van der Waals surface area contributed by atoms with Gasteiger partial charge in [-0.05, 0) is 32.4 Å². The summed E-state index contributed by atoms with van der Waals surface area (Å²) in [6.45, 7) is 5.59. The number of ether oxygens (including phenoxy) is 2. The van der Waals surface area contributed by atoms with Gasteiger partial charge in [-0.15, -0.1) is 0 Å². The standard InChI is InChI=1S/C17H21F2NO4/c1-4-13(23-16(21)12-10-8-7-9-11-12)14(15(18)19)24-17(22)20(5-2)6-3/h7-11,13H,4-6H2,1-3H3. The van der Waals surface area contributed by atoms with Gasteiger partial charge in [-0.1, -0.05) is 25.1 Å². The first-order chi connectivity index (χ1) is 11.4. The van der Waals surface area contributed by atoms with Crippen LogP contribution in [0.15, 0.2) is 42.2 Å². The van der Waals surface area contributed by atoms with Gasteiger partial charge in [0.1, 0.15) is 0 Å². The van der Waals surface area contributed by atoms with Gasteiger partial charge in [-0.2, -0.15) is 8.78 Å². The van der Waals surface area contributed by atoms with Crippen molar-refractivity contribution in [3.05, 3.63) is 47.7 Å². The van der Waals surface area contributed by atoms with Crippen LogP contribution in [0.1, 0.15) is 37.6 Å². The van der Waals surface area contributed by atoms with Crippen LogP contribution in [-0.2, 0) is 9.47 Å². The smallest absolute Gasteiger partial charge is 0.415 e. The molecule has 0 fully saturated rings. The number of halogens is 2. The van der Waals surface area contributed by atoms with Crippen LogP contribution >= 0.6 is 0 Å². The van der Waals surface area contributed by atoms with E-state index in [2.05, 4.69) is 0 Å². The van der Waals surface area contributed by atoms with Crippen LogP contribution in [0.3, 0.4) is 0 Å². The van der Waals surface area contributed by atoms with Crippen LogP contribution in [0.25, 0.3) is 0 Å². The summed E-state index contributed by atoms with van der Waals surface area (Å²) in [7, 11) is 0. The normalized spacial score (nSPS) is 11.4. The topological polar surface area (TPSA) is 55.8 Å². The van der Waals surface area contributed by atoms with Gasteiger partial charge in [0.15, 0.2) is 6.10 Å². The van der Waals surface area contributed by atoms with Crippen molar-refractivity contribution in [1.29, 1.82) is 0 Å². The SMILES string of the molecule is CCC(OC(=O)c1ccccc1)C(OC(=O)N(CC)CC)=C(F)F. The van der Waals surface area contributed by atoms with Crippen molar-refractivity contribution in [3.63, 3.8) is 0 Å². The molecule has 1 aromatic rings. The minimum absolute atomic E-state index is 0.0385. The average molecular weight is 341 g/mol. The molecule has 5 nitrogen and oxygen atoms in total. The van der Waals surface area contributed by atoms with E-state index in [4.69, 9.17) is 9.47 Å². The summed E-state index contributed by atoms with van der Waals surface area (Å²) in [5, 5.41) is 0. The van der Waals surface area contributed by atoms with E-state index in [0.29, 0.717) is 13.1 Å². The van der Waals surface area contributed by atoms with Crippen molar-refractivity contribution in [1.82, 2.24) is 4.90 Å². The molecule has 24 heavy (non-hydrogen) atoms. The van der Waals surface area contributed by atoms with Crippen LogP contribution in [0, 0.1) is 0 Å². The van der Waals surface area contributed by atoms with Gasteiger partial charge in [0.25, 0.3) is 0 Å². The summed E-state index contributed by atoms with van der Waals surface area (Å²) in [6.07, 6.45) is -4.40. The van der Waals surface area contributed by atoms with Gasteiger partial charge in [-0.3, -0.25) is 0 Å². The van der Waals surface area contributed by atoms with E-state index in [0.717, 1.165) is 0 Å². The van der Waals surface area contributed by atoms with Crippen molar-refractivity contribution < 1.29 is 27.8 Å². The highest BCUT2D eigenvalue weighted by Crippen LogP contribution is 2.21. The number of hydrogen-bond donors (Lipinski definition) is 0. The van der Waals surface area contributed by atoms with Crippen molar-refractivity contribution >= 4 is 12.1 Å². The van der Waals surface area contributed by atoms with Gasteiger partial charge in [0.2, 0.25) is 5.76 Å². The van der Waals surface area contributed by atoms with Gasteiger partial charge < -0.3 is 14.4 Å². The Kier molecular flexibility index (Phi) is 7.88. The summed E-state index contributed by atoms with van der Waals surface area (Å²) in [4.78, 5) is 25.2. The van der Waals surface area contributed by atoms with E-state index in [1.54, 1.807) is 39.0 Å². The third-order valence-corrected chi connectivity index (χ3v) is 3.33. The molecule has 0 aliphatic rings. The largest absolute Gasteiger partial charge is 0.450 e.